The first-order chi connectivity index (χ1) is 8.31. The van der Waals surface area contributed by atoms with Crippen LogP contribution in [0.5, 0.6) is 0 Å². The molecule has 2 heterocycles. The Morgan fingerprint density at radius 2 is 2.59 bits per heavy atom. The summed E-state index contributed by atoms with van der Waals surface area (Å²) in [6.07, 6.45) is 3.52. The average molecular weight is 232 g/mol. The number of rotatable bonds is 3. The minimum absolute atomic E-state index is 0.167. The number of likely N-dealkylation sites (N-methyl/N-ethyl adjacent to an activating group) is 1. The van der Waals surface area contributed by atoms with E-state index in [4.69, 9.17) is 10.00 Å². The summed E-state index contributed by atoms with van der Waals surface area (Å²) in [4.78, 5) is 6.08. The third-order valence-corrected chi connectivity index (χ3v) is 2.81. The molecule has 0 spiro atoms. The molecule has 0 bridgehead atoms. The number of hydrogen-bond acceptors (Lipinski definition) is 5. The summed E-state index contributed by atoms with van der Waals surface area (Å²) in [6.45, 7) is 3.27. The second-order valence-corrected chi connectivity index (χ2v) is 4.08. The van der Waals surface area contributed by atoms with Crippen LogP contribution < -0.4 is 10.2 Å². The summed E-state index contributed by atoms with van der Waals surface area (Å²) in [6, 6.07) is 3.90. The molecule has 1 N–H and O–H groups in total. The van der Waals surface area contributed by atoms with Gasteiger partial charge in [-0.1, -0.05) is 0 Å². The van der Waals surface area contributed by atoms with Crippen molar-refractivity contribution in [3.05, 3.63) is 24.0 Å². The number of nitrogens with zero attached hydrogens (tertiary/aromatic N) is 3. The summed E-state index contributed by atoms with van der Waals surface area (Å²) < 4.78 is 5.64. The van der Waals surface area contributed by atoms with E-state index >= 15 is 0 Å². The van der Waals surface area contributed by atoms with Gasteiger partial charge in [0, 0.05) is 32.9 Å². The number of nitriles is 1. The van der Waals surface area contributed by atoms with E-state index in [2.05, 4.69) is 16.4 Å². The summed E-state index contributed by atoms with van der Waals surface area (Å²) in [5, 5.41) is 12.3. The summed E-state index contributed by atoms with van der Waals surface area (Å²) in [5.74, 6) is 0. The predicted octanol–water partition coefficient (Wildman–Crippen LogP) is 0.378. The Kier molecular flexibility index (Phi) is 3.91. The highest BCUT2D eigenvalue weighted by Gasteiger charge is 2.17. The van der Waals surface area contributed by atoms with Crippen molar-refractivity contribution in [3.63, 3.8) is 0 Å². The SMILES string of the molecule is CN(CC1CNCCO1)c1cnccc1C#N. The lowest BCUT2D eigenvalue weighted by Crippen LogP contribution is -2.44. The third-order valence-electron chi connectivity index (χ3n) is 2.81. The molecule has 0 aromatic carbocycles. The molecule has 1 aliphatic heterocycles. The van der Waals surface area contributed by atoms with Crippen LogP contribution in [0.25, 0.3) is 0 Å². The zero-order valence-electron chi connectivity index (χ0n) is 9.89. The zero-order chi connectivity index (χ0) is 12.1. The molecule has 1 aliphatic rings. The first kappa shape index (κ1) is 11.8. The van der Waals surface area contributed by atoms with Gasteiger partial charge in [0.2, 0.25) is 0 Å². The largest absolute Gasteiger partial charge is 0.374 e. The van der Waals surface area contributed by atoms with E-state index in [0.717, 1.165) is 31.9 Å². The standard InChI is InChI=1S/C12H16N4O/c1-16(9-11-7-15-4-5-17-11)12-8-14-3-2-10(12)6-13/h2-3,8,11,15H,4-5,7,9H2,1H3. The molecule has 90 valence electrons. The minimum atomic E-state index is 0.167. The van der Waals surface area contributed by atoms with E-state index < -0.39 is 0 Å². The topological polar surface area (TPSA) is 61.2 Å². The van der Waals surface area contributed by atoms with Gasteiger partial charge in [0.15, 0.2) is 0 Å². The lowest BCUT2D eigenvalue weighted by molar-refractivity contribution is 0.0340. The fraction of sp³-hybridized carbons (Fsp3) is 0.500. The van der Waals surface area contributed by atoms with Gasteiger partial charge in [0.1, 0.15) is 6.07 Å². The minimum Gasteiger partial charge on any atom is -0.374 e. The van der Waals surface area contributed by atoms with Crippen molar-refractivity contribution in [2.24, 2.45) is 0 Å². The number of anilines is 1. The predicted molar refractivity (Wildman–Crippen MR) is 64.8 cm³/mol. The molecule has 1 unspecified atom stereocenters. The molecule has 1 aromatic rings. The number of aromatic nitrogens is 1. The summed E-state index contributed by atoms with van der Waals surface area (Å²) in [7, 11) is 1.95. The van der Waals surface area contributed by atoms with Crippen molar-refractivity contribution in [3.8, 4) is 6.07 Å². The monoisotopic (exact) mass is 232 g/mol. The Bertz CT molecular complexity index is 409. The molecule has 0 aliphatic carbocycles. The third kappa shape index (κ3) is 2.93. The highest BCUT2D eigenvalue weighted by molar-refractivity contribution is 5.57. The lowest BCUT2D eigenvalue weighted by Gasteiger charge is -2.29. The van der Waals surface area contributed by atoms with Crippen molar-refractivity contribution in [2.45, 2.75) is 6.10 Å². The van der Waals surface area contributed by atoms with Crippen molar-refractivity contribution in [2.75, 3.05) is 38.2 Å². The molecule has 17 heavy (non-hydrogen) atoms. The van der Waals surface area contributed by atoms with E-state index in [1.54, 1.807) is 18.5 Å². The van der Waals surface area contributed by atoms with Crippen LogP contribution in [0, 0.1) is 11.3 Å². The van der Waals surface area contributed by atoms with E-state index in [0.29, 0.717) is 5.56 Å². The number of pyridine rings is 1. The van der Waals surface area contributed by atoms with E-state index in [1.807, 2.05) is 11.9 Å². The summed E-state index contributed by atoms with van der Waals surface area (Å²) in [5.41, 5.74) is 1.50. The quantitative estimate of drug-likeness (QED) is 0.816. The number of nitrogens with one attached hydrogen (secondary N) is 1. The molecular weight excluding hydrogens is 216 g/mol. The Hall–Kier alpha value is -1.64. The lowest BCUT2D eigenvalue weighted by atomic mass is 10.2. The molecule has 1 atom stereocenters. The fourth-order valence-corrected chi connectivity index (χ4v) is 1.93. The van der Waals surface area contributed by atoms with Gasteiger partial charge < -0.3 is 15.0 Å². The van der Waals surface area contributed by atoms with Crippen LogP contribution in [-0.4, -0.2) is 44.4 Å². The molecule has 2 rings (SSSR count). The zero-order valence-corrected chi connectivity index (χ0v) is 9.89. The van der Waals surface area contributed by atoms with Crippen LogP contribution in [0.4, 0.5) is 5.69 Å². The molecule has 1 saturated heterocycles. The van der Waals surface area contributed by atoms with E-state index in [9.17, 15) is 0 Å². The number of morpholine rings is 1. The second kappa shape index (κ2) is 5.62. The molecule has 1 fully saturated rings. The van der Waals surface area contributed by atoms with E-state index in [-0.39, 0.29) is 6.10 Å². The maximum Gasteiger partial charge on any atom is 0.101 e. The van der Waals surface area contributed by atoms with E-state index in [1.165, 1.54) is 0 Å². The van der Waals surface area contributed by atoms with Crippen LogP contribution in [0.2, 0.25) is 0 Å². The fourth-order valence-electron chi connectivity index (χ4n) is 1.93. The molecular formula is C12H16N4O. The number of ether oxygens (including phenoxy) is 1. The maximum atomic E-state index is 9.03. The number of hydrogen-bond donors (Lipinski definition) is 1. The second-order valence-electron chi connectivity index (χ2n) is 4.08. The molecule has 5 nitrogen and oxygen atoms in total. The van der Waals surface area contributed by atoms with Gasteiger partial charge in [-0.25, -0.2) is 0 Å². The van der Waals surface area contributed by atoms with Gasteiger partial charge in [-0.05, 0) is 6.07 Å². The average Bonchev–Trinajstić information content (AvgIpc) is 2.40. The van der Waals surface area contributed by atoms with Crippen LogP contribution in [-0.2, 0) is 4.74 Å². The Balaban J connectivity index is 2.03. The van der Waals surface area contributed by atoms with Crippen LogP contribution >= 0.6 is 0 Å². The van der Waals surface area contributed by atoms with Crippen molar-refractivity contribution in [1.82, 2.24) is 10.3 Å². The Morgan fingerprint density at radius 1 is 1.71 bits per heavy atom. The van der Waals surface area contributed by atoms with Gasteiger partial charge in [0.05, 0.1) is 30.2 Å². The smallest absolute Gasteiger partial charge is 0.101 e. The summed E-state index contributed by atoms with van der Waals surface area (Å²) >= 11 is 0. The molecule has 5 heteroatoms. The first-order valence-corrected chi connectivity index (χ1v) is 5.69. The Labute approximate surface area is 101 Å². The van der Waals surface area contributed by atoms with Crippen molar-refractivity contribution < 1.29 is 4.74 Å². The van der Waals surface area contributed by atoms with Crippen LogP contribution in [0.15, 0.2) is 18.5 Å². The maximum absolute atomic E-state index is 9.03. The normalized spacial score (nSPS) is 19.6. The van der Waals surface area contributed by atoms with Crippen LogP contribution in [0.1, 0.15) is 5.56 Å². The van der Waals surface area contributed by atoms with Gasteiger partial charge in [0.25, 0.3) is 0 Å². The highest BCUT2D eigenvalue weighted by atomic mass is 16.5. The molecule has 1 aromatic heterocycles. The van der Waals surface area contributed by atoms with Gasteiger partial charge in [-0.3, -0.25) is 4.98 Å². The van der Waals surface area contributed by atoms with Crippen LogP contribution in [0.3, 0.4) is 0 Å². The first-order valence-electron chi connectivity index (χ1n) is 5.69. The molecule has 0 amide bonds. The van der Waals surface area contributed by atoms with Gasteiger partial charge >= 0.3 is 0 Å². The van der Waals surface area contributed by atoms with Crippen molar-refractivity contribution in [1.29, 1.82) is 5.26 Å². The van der Waals surface area contributed by atoms with Gasteiger partial charge in [-0.15, -0.1) is 0 Å². The molecule has 0 saturated carbocycles. The molecule has 0 radical (unpaired) electrons. The van der Waals surface area contributed by atoms with Crippen molar-refractivity contribution >= 4 is 5.69 Å². The van der Waals surface area contributed by atoms with Gasteiger partial charge in [-0.2, -0.15) is 5.26 Å². The Morgan fingerprint density at radius 3 is 3.29 bits per heavy atom. The highest BCUT2D eigenvalue weighted by Crippen LogP contribution is 2.17.